The number of nitrogens with one attached hydrogen (secondary N) is 1. The smallest absolute Gasteiger partial charge is 0.103 e. The van der Waals surface area contributed by atoms with Crippen LogP contribution >= 0.6 is 23.1 Å². The number of hydrogen-bond donors (Lipinski definition) is 1. The quantitative estimate of drug-likeness (QED) is 0.778. The van der Waals surface area contributed by atoms with Crippen LogP contribution in [-0.2, 0) is 18.7 Å². The molecule has 98 valence electrons. The van der Waals surface area contributed by atoms with Crippen molar-refractivity contribution < 1.29 is 0 Å². The third-order valence-electron chi connectivity index (χ3n) is 2.71. The summed E-state index contributed by atoms with van der Waals surface area (Å²) in [6.45, 7) is 7.71. The van der Waals surface area contributed by atoms with Gasteiger partial charge in [-0.3, -0.25) is 0 Å². The zero-order chi connectivity index (χ0) is 12.7. The number of thioether (sulfide) groups is 1. The fraction of sp³-hybridized carbons (Fsp3) is 0.769. The summed E-state index contributed by atoms with van der Waals surface area (Å²) in [4.78, 5) is 6.21. The van der Waals surface area contributed by atoms with Gasteiger partial charge in [0.05, 0.1) is 5.69 Å². The Morgan fingerprint density at radius 1 is 1.41 bits per heavy atom. The van der Waals surface area contributed by atoms with Crippen LogP contribution < -0.4 is 5.32 Å². The van der Waals surface area contributed by atoms with Gasteiger partial charge in [0.2, 0.25) is 0 Å². The highest BCUT2D eigenvalue weighted by Crippen LogP contribution is 2.26. The lowest BCUT2D eigenvalue weighted by atomic mass is 10.2. The van der Waals surface area contributed by atoms with Gasteiger partial charge < -0.3 is 5.32 Å². The average molecular weight is 272 g/mol. The van der Waals surface area contributed by atoms with Crippen LogP contribution in [0.4, 0.5) is 0 Å². The second-order valence-electron chi connectivity index (χ2n) is 4.29. The van der Waals surface area contributed by atoms with Gasteiger partial charge in [0.15, 0.2) is 0 Å². The Bertz CT molecular complexity index is 300. The number of thiazole rings is 1. The Balaban J connectivity index is 2.63. The molecule has 0 aliphatic rings. The summed E-state index contributed by atoms with van der Waals surface area (Å²) in [5.41, 5.74) is 1.31. The van der Waals surface area contributed by atoms with Crippen LogP contribution in [0.25, 0.3) is 0 Å². The summed E-state index contributed by atoms with van der Waals surface area (Å²) < 4.78 is 0. The lowest BCUT2D eigenvalue weighted by Crippen LogP contribution is -2.05. The number of nitrogens with zero attached hydrogens (tertiary/aromatic N) is 1. The van der Waals surface area contributed by atoms with E-state index in [0.717, 1.165) is 24.0 Å². The van der Waals surface area contributed by atoms with Crippen LogP contribution in [0.1, 0.15) is 49.2 Å². The molecule has 0 amide bonds. The molecule has 1 aromatic heterocycles. The summed E-state index contributed by atoms with van der Waals surface area (Å²) in [5.74, 6) is 1.07. The molecule has 2 nitrogen and oxygen atoms in total. The van der Waals surface area contributed by atoms with E-state index in [9.17, 15) is 0 Å². The third kappa shape index (κ3) is 4.98. The lowest BCUT2D eigenvalue weighted by Gasteiger charge is -2.05. The molecule has 4 heteroatoms. The molecule has 1 heterocycles. The van der Waals surface area contributed by atoms with Gasteiger partial charge in [0, 0.05) is 22.4 Å². The molecular weight excluding hydrogens is 248 g/mol. The fourth-order valence-electron chi connectivity index (χ4n) is 1.56. The zero-order valence-electron chi connectivity index (χ0n) is 11.4. The van der Waals surface area contributed by atoms with Crippen molar-refractivity contribution in [3.63, 3.8) is 0 Å². The van der Waals surface area contributed by atoms with Crippen molar-refractivity contribution in [3.8, 4) is 0 Å². The van der Waals surface area contributed by atoms with Gasteiger partial charge in [0.1, 0.15) is 5.01 Å². The Morgan fingerprint density at radius 2 is 2.18 bits per heavy atom. The Morgan fingerprint density at radius 3 is 2.76 bits per heavy atom. The summed E-state index contributed by atoms with van der Waals surface area (Å²) in [5, 5.41) is 5.27. The van der Waals surface area contributed by atoms with Crippen LogP contribution in [0.2, 0.25) is 0 Å². The number of hydrogen-bond acceptors (Lipinski definition) is 4. The Labute approximate surface area is 114 Å². The van der Waals surface area contributed by atoms with Gasteiger partial charge in [-0.15, -0.1) is 11.3 Å². The van der Waals surface area contributed by atoms with Gasteiger partial charge in [-0.1, -0.05) is 27.2 Å². The summed E-state index contributed by atoms with van der Waals surface area (Å²) in [6.07, 6.45) is 3.53. The van der Waals surface area contributed by atoms with Crippen molar-refractivity contribution in [3.05, 3.63) is 15.6 Å². The zero-order valence-corrected chi connectivity index (χ0v) is 13.0. The minimum Gasteiger partial charge on any atom is -0.315 e. The maximum atomic E-state index is 4.78. The van der Waals surface area contributed by atoms with E-state index >= 15 is 0 Å². The molecule has 1 rings (SSSR count). The van der Waals surface area contributed by atoms with Gasteiger partial charge in [-0.25, -0.2) is 4.98 Å². The summed E-state index contributed by atoms with van der Waals surface area (Å²) in [7, 11) is 2.00. The second-order valence-corrected chi connectivity index (χ2v) is 6.88. The number of aromatic nitrogens is 1. The lowest BCUT2D eigenvalue weighted by molar-refractivity contribution is 0.797. The molecule has 0 spiro atoms. The van der Waals surface area contributed by atoms with E-state index in [1.54, 1.807) is 0 Å². The minimum absolute atomic E-state index is 0.737. The molecule has 0 fully saturated rings. The molecule has 1 aromatic rings. The molecule has 1 unspecified atom stereocenters. The first-order valence-electron chi connectivity index (χ1n) is 6.44. The predicted molar refractivity (Wildman–Crippen MR) is 79.9 cm³/mol. The van der Waals surface area contributed by atoms with E-state index in [0.29, 0.717) is 0 Å². The molecule has 0 bridgehead atoms. The maximum absolute atomic E-state index is 4.78. The molecule has 1 atom stereocenters. The monoisotopic (exact) mass is 272 g/mol. The second kappa shape index (κ2) is 8.11. The highest BCUT2D eigenvalue weighted by molar-refractivity contribution is 7.99. The van der Waals surface area contributed by atoms with Crippen molar-refractivity contribution in [1.82, 2.24) is 10.3 Å². The van der Waals surface area contributed by atoms with Crippen LogP contribution in [-0.4, -0.2) is 17.3 Å². The molecule has 17 heavy (non-hydrogen) atoms. The fourth-order valence-corrected chi connectivity index (χ4v) is 3.65. The first-order valence-corrected chi connectivity index (χ1v) is 8.31. The first-order chi connectivity index (χ1) is 8.21. The van der Waals surface area contributed by atoms with E-state index < -0.39 is 0 Å². The van der Waals surface area contributed by atoms with Crippen molar-refractivity contribution >= 4 is 23.1 Å². The highest BCUT2D eigenvalue weighted by atomic mass is 32.2. The van der Waals surface area contributed by atoms with Crippen LogP contribution in [0.5, 0.6) is 0 Å². The van der Waals surface area contributed by atoms with Crippen molar-refractivity contribution in [2.75, 3.05) is 7.05 Å². The molecule has 0 saturated heterocycles. The standard InChI is InChI=1S/C13H24N2S2/c1-5-7-11-12(8-14-4)17-13(15-11)9-16-10(3)6-2/h10,14H,5-9H2,1-4H3. The number of rotatable bonds is 8. The normalized spacial score (nSPS) is 12.9. The molecular formula is C13H24N2S2. The average Bonchev–Trinajstić information content (AvgIpc) is 2.70. The Hall–Kier alpha value is -0.0600. The molecule has 0 aliphatic heterocycles. The van der Waals surface area contributed by atoms with Crippen LogP contribution in [0, 0.1) is 0 Å². The molecule has 0 radical (unpaired) electrons. The van der Waals surface area contributed by atoms with E-state index in [1.807, 2.05) is 30.1 Å². The van der Waals surface area contributed by atoms with Crippen LogP contribution in [0.3, 0.4) is 0 Å². The van der Waals surface area contributed by atoms with E-state index in [2.05, 4.69) is 26.1 Å². The minimum atomic E-state index is 0.737. The van der Waals surface area contributed by atoms with Crippen molar-refractivity contribution in [2.45, 2.75) is 57.6 Å². The SMILES string of the molecule is CCCc1nc(CSC(C)CC)sc1CNC. The first kappa shape index (κ1) is 15.0. The van der Waals surface area contributed by atoms with Crippen LogP contribution in [0.15, 0.2) is 0 Å². The van der Waals surface area contributed by atoms with E-state index in [1.165, 1.54) is 28.4 Å². The highest BCUT2D eigenvalue weighted by Gasteiger charge is 2.10. The number of aryl methyl sites for hydroxylation is 1. The summed E-state index contributed by atoms with van der Waals surface area (Å²) in [6, 6.07) is 0. The molecule has 0 aromatic carbocycles. The molecule has 0 saturated carbocycles. The van der Waals surface area contributed by atoms with E-state index in [4.69, 9.17) is 4.98 Å². The van der Waals surface area contributed by atoms with E-state index in [-0.39, 0.29) is 0 Å². The van der Waals surface area contributed by atoms with Gasteiger partial charge in [-0.05, 0) is 19.9 Å². The summed E-state index contributed by atoms with van der Waals surface area (Å²) >= 11 is 3.90. The topological polar surface area (TPSA) is 24.9 Å². The predicted octanol–water partition coefficient (Wildman–Crippen LogP) is 3.85. The van der Waals surface area contributed by atoms with Gasteiger partial charge in [0.25, 0.3) is 0 Å². The maximum Gasteiger partial charge on any atom is 0.103 e. The van der Waals surface area contributed by atoms with Gasteiger partial charge in [-0.2, -0.15) is 11.8 Å². The van der Waals surface area contributed by atoms with Gasteiger partial charge >= 0.3 is 0 Å². The molecule has 1 N–H and O–H groups in total. The van der Waals surface area contributed by atoms with Crippen molar-refractivity contribution in [2.24, 2.45) is 0 Å². The third-order valence-corrected chi connectivity index (χ3v) is 5.34. The Kier molecular flexibility index (Phi) is 7.16. The largest absolute Gasteiger partial charge is 0.315 e. The van der Waals surface area contributed by atoms with Crippen molar-refractivity contribution in [1.29, 1.82) is 0 Å². The molecule has 0 aliphatic carbocycles.